The highest BCUT2D eigenvalue weighted by molar-refractivity contribution is 5.27. The van der Waals surface area contributed by atoms with E-state index in [9.17, 15) is 5.11 Å². The molecule has 2 fully saturated rings. The fourth-order valence-corrected chi connectivity index (χ4v) is 3.80. The number of phenolic OH excluding ortho intramolecular Hbond substituents is 1. The van der Waals surface area contributed by atoms with Gasteiger partial charge in [0, 0.05) is 38.3 Å². The zero-order valence-electron chi connectivity index (χ0n) is 14.8. The van der Waals surface area contributed by atoms with Crippen molar-refractivity contribution in [2.75, 3.05) is 45.9 Å². The molecule has 134 valence electrons. The van der Waals surface area contributed by atoms with E-state index in [-0.39, 0.29) is 0 Å². The van der Waals surface area contributed by atoms with E-state index in [1.165, 1.54) is 18.4 Å². The molecule has 2 saturated heterocycles. The first-order valence-corrected chi connectivity index (χ1v) is 9.25. The van der Waals surface area contributed by atoms with Crippen LogP contribution in [0.15, 0.2) is 24.3 Å². The highest BCUT2D eigenvalue weighted by Gasteiger charge is 2.21. The Balaban J connectivity index is 1.37. The Hall–Kier alpha value is -1.14. The second-order valence-corrected chi connectivity index (χ2v) is 7.20. The molecule has 24 heavy (non-hydrogen) atoms. The predicted molar refractivity (Wildman–Crippen MR) is 96.3 cm³/mol. The summed E-state index contributed by atoms with van der Waals surface area (Å²) in [5, 5.41) is 13.4. The number of ether oxygens (including phenoxy) is 1. The van der Waals surface area contributed by atoms with Crippen molar-refractivity contribution in [3.63, 3.8) is 0 Å². The highest BCUT2D eigenvalue weighted by atomic mass is 16.5. The molecule has 1 aromatic rings. The molecule has 1 aromatic carbocycles. The number of benzene rings is 1. The molecule has 3 rings (SSSR count). The lowest BCUT2D eigenvalue weighted by molar-refractivity contribution is 0.0332. The second-order valence-electron chi connectivity index (χ2n) is 7.20. The van der Waals surface area contributed by atoms with E-state index in [1.54, 1.807) is 6.07 Å². The van der Waals surface area contributed by atoms with Gasteiger partial charge in [0.05, 0.1) is 13.2 Å². The topological polar surface area (TPSA) is 48.0 Å². The third kappa shape index (κ3) is 5.45. The minimum atomic E-state index is 0.362. The van der Waals surface area contributed by atoms with Gasteiger partial charge >= 0.3 is 0 Å². The Morgan fingerprint density at radius 1 is 1.17 bits per heavy atom. The number of aromatic hydroxyl groups is 1. The van der Waals surface area contributed by atoms with Crippen LogP contribution in [0.2, 0.25) is 0 Å². The summed E-state index contributed by atoms with van der Waals surface area (Å²) in [6.45, 7) is 10.5. The van der Waals surface area contributed by atoms with Crippen molar-refractivity contribution >= 4 is 0 Å². The number of hydrogen-bond donors (Lipinski definition) is 2. The monoisotopic (exact) mass is 333 g/mol. The molecular formula is C19H31N3O2. The maximum absolute atomic E-state index is 9.58. The first-order chi connectivity index (χ1) is 11.7. The first kappa shape index (κ1) is 17.7. The van der Waals surface area contributed by atoms with Crippen molar-refractivity contribution in [1.82, 2.24) is 15.1 Å². The van der Waals surface area contributed by atoms with Gasteiger partial charge in [0.25, 0.3) is 0 Å². The average Bonchev–Trinajstić information content (AvgIpc) is 2.57. The lowest BCUT2D eigenvalue weighted by Gasteiger charge is -2.35. The van der Waals surface area contributed by atoms with Gasteiger partial charge in [0.1, 0.15) is 5.75 Å². The van der Waals surface area contributed by atoms with Gasteiger partial charge in [-0.05, 0) is 50.6 Å². The average molecular weight is 333 g/mol. The quantitative estimate of drug-likeness (QED) is 0.829. The zero-order chi connectivity index (χ0) is 16.8. The molecule has 0 aliphatic carbocycles. The summed E-state index contributed by atoms with van der Waals surface area (Å²) >= 11 is 0. The van der Waals surface area contributed by atoms with Crippen LogP contribution in [-0.2, 0) is 11.3 Å². The molecule has 0 aromatic heterocycles. The Bertz CT molecular complexity index is 497. The summed E-state index contributed by atoms with van der Waals surface area (Å²) in [6, 6.07) is 8.78. The van der Waals surface area contributed by atoms with Crippen molar-refractivity contribution in [3.05, 3.63) is 29.8 Å². The van der Waals surface area contributed by atoms with Gasteiger partial charge in [-0.1, -0.05) is 12.1 Å². The third-order valence-corrected chi connectivity index (χ3v) is 5.06. The van der Waals surface area contributed by atoms with Crippen molar-refractivity contribution in [2.24, 2.45) is 0 Å². The molecule has 0 spiro atoms. The Morgan fingerprint density at radius 2 is 1.92 bits per heavy atom. The molecule has 5 heteroatoms. The predicted octanol–water partition coefficient (Wildman–Crippen LogP) is 1.67. The molecule has 0 bridgehead atoms. The molecule has 2 N–H and O–H groups in total. The second kappa shape index (κ2) is 8.81. The summed E-state index contributed by atoms with van der Waals surface area (Å²) in [4.78, 5) is 4.98. The molecule has 0 unspecified atom stereocenters. The van der Waals surface area contributed by atoms with E-state index in [0.29, 0.717) is 17.8 Å². The van der Waals surface area contributed by atoms with E-state index in [1.807, 2.05) is 12.1 Å². The molecular weight excluding hydrogens is 302 g/mol. The molecule has 1 atom stereocenters. The molecule has 0 radical (unpaired) electrons. The molecule has 5 nitrogen and oxygen atoms in total. The van der Waals surface area contributed by atoms with Crippen LogP contribution in [0.3, 0.4) is 0 Å². The maximum atomic E-state index is 9.58. The van der Waals surface area contributed by atoms with E-state index in [0.717, 1.165) is 52.5 Å². The van der Waals surface area contributed by atoms with E-state index in [2.05, 4.69) is 28.1 Å². The van der Waals surface area contributed by atoms with E-state index in [4.69, 9.17) is 4.74 Å². The number of likely N-dealkylation sites (tertiary alicyclic amines) is 1. The lowest BCUT2D eigenvalue weighted by atomic mass is 10.0. The van der Waals surface area contributed by atoms with Crippen LogP contribution >= 0.6 is 0 Å². The summed E-state index contributed by atoms with van der Waals surface area (Å²) < 4.78 is 5.42. The van der Waals surface area contributed by atoms with Gasteiger partial charge in [-0.2, -0.15) is 0 Å². The number of piperidine rings is 1. The largest absolute Gasteiger partial charge is 0.508 e. The molecule has 0 saturated carbocycles. The highest BCUT2D eigenvalue weighted by Crippen LogP contribution is 2.17. The van der Waals surface area contributed by atoms with E-state index < -0.39 is 0 Å². The number of nitrogens with one attached hydrogen (secondary N) is 1. The minimum absolute atomic E-state index is 0.362. The van der Waals surface area contributed by atoms with Gasteiger partial charge in [-0.15, -0.1) is 0 Å². The van der Waals surface area contributed by atoms with Gasteiger partial charge in [0.15, 0.2) is 0 Å². The zero-order valence-corrected chi connectivity index (χ0v) is 14.8. The SMILES string of the molecule is C[C@@H](CN1CCOCC1)NC1CCN(Cc2cccc(O)c2)CC1. The maximum Gasteiger partial charge on any atom is 0.115 e. The molecule has 0 amide bonds. The minimum Gasteiger partial charge on any atom is -0.508 e. The van der Waals surface area contributed by atoms with Gasteiger partial charge in [-0.25, -0.2) is 0 Å². The van der Waals surface area contributed by atoms with Crippen molar-refractivity contribution < 1.29 is 9.84 Å². The standard InChI is InChI=1S/C19H31N3O2/c1-16(14-22-9-11-24-12-10-22)20-18-5-7-21(8-6-18)15-17-3-2-4-19(23)13-17/h2-4,13,16,18,20,23H,5-12,14-15H2,1H3/t16-/m0/s1. The Kier molecular flexibility index (Phi) is 6.49. The number of morpholine rings is 1. The van der Waals surface area contributed by atoms with Crippen LogP contribution in [0.5, 0.6) is 5.75 Å². The Labute approximate surface area is 145 Å². The number of hydrogen-bond acceptors (Lipinski definition) is 5. The first-order valence-electron chi connectivity index (χ1n) is 9.25. The Morgan fingerprint density at radius 3 is 2.62 bits per heavy atom. The fraction of sp³-hybridized carbons (Fsp3) is 0.684. The van der Waals surface area contributed by atoms with Crippen LogP contribution in [0.4, 0.5) is 0 Å². The van der Waals surface area contributed by atoms with Gasteiger partial charge < -0.3 is 15.2 Å². The van der Waals surface area contributed by atoms with Gasteiger partial charge in [0.2, 0.25) is 0 Å². The summed E-state index contributed by atoms with van der Waals surface area (Å²) in [7, 11) is 0. The van der Waals surface area contributed by atoms with Crippen molar-refractivity contribution in [1.29, 1.82) is 0 Å². The van der Waals surface area contributed by atoms with Gasteiger partial charge in [-0.3, -0.25) is 9.80 Å². The number of phenols is 1. The van der Waals surface area contributed by atoms with Crippen molar-refractivity contribution in [2.45, 2.75) is 38.4 Å². The molecule has 2 aliphatic rings. The summed E-state index contributed by atoms with van der Waals surface area (Å²) in [5.41, 5.74) is 1.20. The van der Waals surface area contributed by atoms with Crippen LogP contribution in [0, 0.1) is 0 Å². The number of nitrogens with zero attached hydrogens (tertiary/aromatic N) is 2. The van der Waals surface area contributed by atoms with E-state index >= 15 is 0 Å². The fourth-order valence-electron chi connectivity index (χ4n) is 3.80. The van der Waals surface area contributed by atoms with Crippen LogP contribution in [0.25, 0.3) is 0 Å². The van der Waals surface area contributed by atoms with Crippen molar-refractivity contribution in [3.8, 4) is 5.75 Å². The molecule has 2 heterocycles. The van der Waals surface area contributed by atoms with Crippen LogP contribution in [0.1, 0.15) is 25.3 Å². The van der Waals surface area contributed by atoms with Crippen LogP contribution in [-0.4, -0.2) is 72.9 Å². The third-order valence-electron chi connectivity index (χ3n) is 5.06. The molecule has 2 aliphatic heterocycles. The normalized spacial score (nSPS) is 22.5. The van der Waals surface area contributed by atoms with Crippen LogP contribution < -0.4 is 5.32 Å². The summed E-state index contributed by atoms with van der Waals surface area (Å²) in [5.74, 6) is 0.362. The summed E-state index contributed by atoms with van der Waals surface area (Å²) in [6.07, 6.45) is 2.40. The lowest BCUT2D eigenvalue weighted by Crippen LogP contribution is -2.50. The number of rotatable bonds is 6. The smallest absolute Gasteiger partial charge is 0.115 e.